The van der Waals surface area contributed by atoms with Crippen LogP contribution >= 0.6 is 15.9 Å². The highest BCUT2D eigenvalue weighted by atomic mass is 79.9. The highest BCUT2D eigenvalue weighted by Gasteiger charge is 2.07. The van der Waals surface area contributed by atoms with E-state index in [-0.39, 0.29) is 0 Å². The molecule has 0 aliphatic heterocycles. The Bertz CT molecular complexity index is 554. The van der Waals surface area contributed by atoms with Crippen molar-refractivity contribution >= 4 is 27.7 Å². The maximum atomic E-state index is 4.43. The van der Waals surface area contributed by atoms with Gasteiger partial charge >= 0.3 is 0 Å². The molecule has 2 aromatic rings. The quantitative estimate of drug-likeness (QED) is 0.805. The average Bonchev–Trinajstić information content (AvgIpc) is 2.92. The van der Waals surface area contributed by atoms with Crippen molar-refractivity contribution in [3.63, 3.8) is 0 Å². The zero-order valence-electron chi connectivity index (χ0n) is 11.6. The summed E-state index contributed by atoms with van der Waals surface area (Å²) < 4.78 is 2.81. The van der Waals surface area contributed by atoms with E-state index >= 15 is 0 Å². The van der Waals surface area contributed by atoms with Crippen LogP contribution in [0.4, 0.5) is 11.8 Å². The largest absolute Gasteiger partial charge is 0.362 e. The van der Waals surface area contributed by atoms with Crippen molar-refractivity contribution in [3.05, 3.63) is 22.8 Å². The van der Waals surface area contributed by atoms with Gasteiger partial charge in [0.2, 0.25) is 5.95 Å². The van der Waals surface area contributed by atoms with Gasteiger partial charge in [0, 0.05) is 19.3 Å². The lowest BCUT2D eigenvalue weighted by atomic mass is 10.5. The summed E-state index contributed by atoms with van der Waals surface area (Å²) in [5.41, 5.74) is 0. The van der Waals surface area contributed by atoms with E-state index < -0.39 is 0 Å². The van der Waals surface area contributed by atoms with E-state index in [1.165, 1.54) is 0 Å². The molecule has 0 saturated heterocycles. The molecule has 0 bridgehead atoms. The van der Waals surface area contributed by atoms with Gasteiger partial charge in [0.05, 0.1) is 11.0 Å². The lowest BCUT2D eigenvalue weighted by Gasteiger charge is -2.10. The van der Waals surface area contributed by atoms with E-state index in [0.717, 1.165) is 35.6 Å². The topological polar surface area (TPSA) is 80.5 Å². The molecule has 0 unspecified atom stereocenters. The van der Waals surface area contributed by atoms with Crippen molar-refractivity contribution in [1.29, 1.82) is 0 Å². The van der Waals surface area contributed by atoms with Crippen LogP contribution in [0.15, 0.2) is 17.0 Å². The van der Waals surface area contributed by atoms with E-state index in [1.807, 2.05) is 4.57 Å². The van der Waals surface area contributed by atoms with Gasteiger partial charge < -0.3 is 15.2 Å². The molecule has 2 aromatic heterocycles. The fourth-order valence-electron chi connectivity index (χ4n) is 1.66. The molecule has 0 saturated carbocycles. The first-order valence-electron chi connectivity index (χ1n) is 6.61. The minimum atomic E-state index is 0.566. The fourth-order valence-corrected chi connectivity index (χ4v) is 1.99. The molecule has 108 valence electrons. The number of aryl methyl sites for hydroxylation is 1. The van der Waals surface area contributed by atoms with Crippen molar-refractivity contribution in [3.8, 4) is 0 Å². The van der Waals surface area contributed by atoms with E-state index in [0.29, 0.717) is 12.5 Å². The lowest BCUT2D eigenvalue weighted by Crippen LogP contribution is -2.11. The maximum absolute atomic E-state index is 4.43. The van der Waals surface area contributed by atoms with Crippen LogP contribution < -0.4 is 10.6 Å². The highest BCUT2D eigenvalue weighted by Crippen LogP contribution is 2.20. The standard InChI is InChI=1S/C12H18BrN7/c1-3-5-14-12-16-6-9(13)11(18-12)15-7-10-19-17-8-20(10)4-2/h6,8H,3-5,7H2,1-2H3,(H2,14,15,16,18). The molecule has 2 N–H and O–H groups in total. The zero-order chi connectivity index (χ0) is 14.4. The van der Waals surface area contributed by atoms with Gasteiger partial charge in [-0.3, -0.25) is 0 Å². The van der Waals surface area contributed by atoms with Gasteiger partial charge in [-0.1, -0.05) is 6.92 Å². The first-order chi connectivity index (χ1) is 9.74. The van der Waals surface area contributed by atoms with Gasteiger partial charge in [0.15, 0.2) is 5.82 Å². The number of halogens is 1. The van der Waals surface area contributed by atoms with Crippen LogP contribution in [0.1, 0.15) is 26.1 Å². The zero-order valence-corrected chi connectivity index (χ0v) is 13.2. The molecule has 20 heavy (non-hydrogen) atoms. The summed E-state index contributed by atoms with van der Waals surface area (Å²) in [6.07, 6.45) is 4.49. The Labute approximate surface area is 126 Å². The van der Waals surface area contributed by atoms with E-state index in [2.05, 4.69) is 60.6 Å². The highest BCUT2D eigenvalue weighted by molar-refractivity contribution is 9.10. The molecule has 0 amide bonds. The van der Waals surface area contributed by atoms with E-state index in [1.54, 1.807) is 12.5 Å². The summed E-state index contributed by atoms with van der Waals surface area (Å²) in [6.45, 7) is 6.42. The minimum absolute atomic E-state index is 0.566. The third-order valence-electron chi connectivity index (χ3n) is 2.73. The molecule has 0 fully saturated rings. The van der Waals surface area contributed by atoms with Crippen LogP contribution in [-0.2, 0) is 13.1 Å². The van der Waals surface area contributed by atoms with Crippen LogP contribution in [0.5, 0.6) is 0 Å². The third kappa shape index (κ3) is 3.66. The van der Waals surface area contributed by atoms with Crippen LogP contribution in [0.25, 0.3) is 0 Å². The Morgan fingerprint density at radius 3 is 2.90 bits per heavy atom. The van der Waals surface area contributed by atoms with Crippen molar-refractivity contribution in [2.24, 2.45) is 0 Å². The van der Waals surface area contributed by atoms with Crippen molar-refractivity contribution < 1.29 is 0 Å². The summed E-state index contributed by atoms with van der Waals surface area (Å²) in [5.74, 6) is 2.24. The first kappa shape index (κ1) is 14.7. The van der Waals surface area contributed by atoms with Gasteiger partial charge in [-0.05, 0) is 29.3 Å². The number of hydrogen-bond donors (Lipinski definition) is 2. The van der Waals surface area contributed by atoms with Crippen LogP contribution in [0.3, 0.4) is 0 Å². The van der Waals surface area contributed by atoms with Gasteiger partial charge in [-0.25, -0.2) is 4.98 Å². The Hall–Kier alpha value is -1.70. The van der Waals surface area contributed by atoms with Crippen LogP contribution in [0, 0.1) is 0 Å². The number of hydrogen-bond acceptors (Lipinski definition) is 6. The predicted molar refractivity (Wildman–Crippen MR) is 81.5 cm³/mol. The van der Waals surface area contributed by atoms with Crippen molar-refractivity contribution in [1.82, 2.24) is 24.7 Å². The third-order valence-corrected chi connectivity index (χ3v) is 3.31. The molecule has 0 spiro atoms. The molecule has 0 radical (unpaired) electrons. The average molecular weight is 340 g/mol. The number of aromatic nitrogens is 5. The van der Waals surface area contributed by atoms with E-state index in [9.17, 15) is 0 Å². The Morgan fingerprint density at radius 2 is 2.15 bits per heavy atom. The Kier molecular flexibility index (Phi) is 5.28. The first-order valence-corrected chi connectivity index (χ1v) is 7.40. The van der Waals surface area contributed by atoms with Gasteiger partial charge in [-0.15, -0.1) is 10.2 Å². The van der Waals surface area contributed by atoms with Gasteiger partial charge in [0.25, 0.3) is 0 Å². The van der Waals surface area contributed by atoms with Gasteiger partial charge in [-0.2, -0.15) is 4.98 Å². The molecule has 0 atom stereocenters. The molecule has 0 aromatic carbocycles. The normalized spacial score (nSPS) is 10.6. The Balaban J connectivity index is 2.04. The fraction of sp³-hybridized carbons (Fsp3) is 0.500. The van der Waals surface area contributed by atoms with Crippen molar-refractivity contribution in [2.75, 3.05) is 17.2 Å². The smallest absolute Gasteiger partial charge is 0.224 e. The molecule has 7 nitrogen and oxygen atoms in total. The second-order valence-electron chi connectivity index (χ2n) is 4.20. The summed E-state index contributed by atoms with van der Waals surface area (Å²) in [6, 6.07) is 0. The predicted octanol–water partition coefficient (Wildman–Crippen LogP) is 2.28. The molecule has 2 heterocycles. The van der Waals surface area contributed by atoms with Crippen molar-refractivity contribution in [2.45, 2.75) is 33.4 Å². The summed E-state index contributed by atoms with van der Waals surface area (Å²) in [5, 5.41) is 14.4. The second kappa shape index (κ2) is 7.18. The van der Waals surface area contributed by atoms with Crippen LogP contribution in [-0.4, -0.2) is 31.3 Å². The second-order valence-corrected chi connectivity index (χ2v) is 5.06. The maximum Gasteiger partial charge on any atom is 0.224 e. The number of nitrogens with one attached hydrogen (secondary N) is 2. The van der Waals surface area contributed by atoms with E-state index in [4.69, 9.17) is 0 Å². The monoisotopic (exact) mass is 339 g/mol. The minimum Gasteiger partial charge on any atom is -0.362 e. The molecule has 2 rings (SSSR count). The SMILES string of the molecule is CCCNc1ncc(Br)c(NCc2nncn2CC)n1. The summed E-state index contributed by atoms with van der Waals surface area (Å²) in [4.78, 5) is 8.64. The summed E-state index contributed by atoms with van der Waals surface area (Å²) >= 11 is 3.44. The molecule has 8 heteroatoms. The lowest BCUT2D eigenvalue weighted by molar-refractivity contribution is 0.707. The van der Waals surface area contributed by atoms with Crippen LogP contribution in [0.2, 0.25) is 0 Å². The van der Waals surface area contributed by atoms with Gasteiger partial charge in [0.1, 0.15) is 12.1 Å². The molecule has 0 aliphatic rings. The molecular formula is C12H18BrN7. The summed E-state index contributed by atoms with van der Waals surface area (Å²) in [7, 11) is 0. The number of rotatable bonds is 7. The molecular weight excluding hydrogens is 322 g/mol. The molecule has 0 aliphatic carbocycles. The number of nitrogens with zero attached hydrogens (tertiary/aromatic N) is 5. The number of anilines is 2. The Morgan fingerprint density at radius 1 is 1.30 bits per heavy atom.